The number of hydrogen-bond acceptors (Lipinski definition) is 3. The summed E-state index contributed by atoms with van der Waals surface area (Å²) < 4.78 is 5.32. The van der Waals surface area contributed by atoms with Crippen LogP contribution in [0.4, 0.5) is 4.79 Å². The number of carbonyl (C=O) groups excluding carboxylic acids is 1. The minimum atomic E-state index is -0.928. The zero-order valence-electron chi connectivity index (χ0n) is 11.5. The molecule has 20 heavy (non-hydrogen) atoms. The van der Waals surface area contributed by atoms with E-state index in [1.54, 1.807) is 0 Å². The summed E-state index contributed by atoms with van der Waals surface area (Å²) in [7, 11) is 0. The Labute approximate surface area is 118 Å². The van der Waals surface area contributed by atoms with Crippen LogP contribution in [0.3, 0.4) is 0 Å². The molecule has 2 aliphatic rings. The van der Waals surface area contributed by atoms with E-state index in [2.05, 4.69) is 22.8 Å². The number of carbonyl (C=O) groups is 2. The van der Waals surface area contributed by atoms with Crippen molar-refractivity contribution in [2.75, 3.05) is 13.1 Å². The molecule has 0 spiro atoms. The summed E-state index contributed by atoms with van der Waals surface area (Å²) in [4.78, 5) is 22.4. The van der Waals surface area contributed by atoms with E-state index in [4.69, 9.17) is 9.84 Å². The lowest BCUT2D eigenvalue weighted by atomic mass is 9.94. The van der Waals surface area contributed by atoms with Crippen LogP contribution in [0.25, 0.3) is 0 Å². The molecule has 112 valence electrons. The van der Waals surface area contributed by atoms with Crippen LogP contribution >= 0.6 is 0 Å². The van der Waals surface area contributed by atoms with E-state index < -0.39 is 12.1 Å². The Kier molecular flexibility index (Phi) is 5.40. The van der Waals surface area contributed by atoms with Crippen LogP contribution in [0, 0.1) is 5.92 Å². The van der Waals surface area contributed by atoms with Crippen molar-refractivity contribution < 1.29 is 19.4 Å². The minimum Gasteiger partial charge on any atom is -0.479 e. The molecule has 0 radical (unpaired) electrons. The van der Waals surface area contributed by atoms with Crippen molar-refractivity contribution in [3.8, 4) is 0 Å². The van der Waals surface area contributed by atoms with Crippen molar-refractivity contribution >= 4 is 12.0 Å². The third kappa shape index (κ3) is 4.52. The second kappa shape index (κ2) is 7.28. The molecule has 0 aromatic heterocycles. The fourth-order valence-corrected chi connectivity index (χ4v) is 2.59. The fourth-order valence-electron chi connectivity index (χ4n) is 2.59. The monoisotopic (exact) mass is 282 g/mol. The Balaban J connectivity index is 1.58. The average molecular weight is 282 g/mol. The van der Waals surface area contributed by atoms with Gasteiger partial charge in [0.2, 0.25) is 0 Å². The number of allylic oxidation sites excluding steroid dienone is 2. The minimum absolute atomic E-state index is 0.195. The summed E-state index contributed by atoms with van der Waals surface area (Å²) in [5.41, 5.74) is 0. The molecule has 2 rings (SSSR count). The topological polar surface area (TPSA) is 87.7 Å². The molecule has 1 fully saturated rings. The van der Waals surface area contributed by atoms with Crippen molar-refractivity contribution in [2.45, 2.75) is 44.3 Å². The van der Waals surface area contributed by atoms with Crippen LogP contribution in [0.5, 0.6) is 0 Å². The maximum Gasteiger partial charge on any atom is 0.332 e. The first-order valence-electron chi connectivity index (χ1n) is 7.20. The largest absolute Gasteiger partial charge is 0.479 e. The normalized spacial score (nSPS) is 29.1. The summed E-state index contributed by atoms with van der Waals surface area (Å²) in [5.74, 6) is -0.410. The van der Waals surface area contributed by atoms with E-state index in [-0.39, 0.29) is 12.1 Å². The standard InChI is InChI=1S/C14H22N2O4/c17-13(18)12-7-6-11(20-12)9-16-14(19)15-8-10-4-2-1-3-5-10/h1-2,10-12H,3-9H2,(H,17,18)(H2,15,16,19). The van der Waals surface area contributed by atoms with Gasteiger partial charge in [-0.3, -0.25) is 0 Å². The predicted molar refractivity (Wildman–Crippen MR) is 73.4 cm³/mol. The van der Waals surface area contributed by atoms with Gasteiger partial charge in [0.15, 0.2) is 6.10 Å². The highest BCUT2D eigenvalue weighted by molar-refractivity contribution is 5.74. The Hall–Kier alpha value is -1.56. The molecule has 3 N–H and O–H groups in total. The van der Waals surface area contributed by atoms with Gasteiger partial charge in [-0.1, -0.05) is 12.2 Å². The molecule has 2 amide bonds. The highest BCUT2D eigenvalue weighted by Gasteiger charge is 2.30. The molecule has 1 heterocycles. The third-order valence-electron chi connectivity index (χ3n) is 3.80. The number of amides is 2. The van der Waals surface area contributed by atoms with Gasteiger partial charge in [0.05, 0.1) is 6.10 Å². The Morgan fingerprint density at radius 1 is 1.15 bits per heavy atom. The second-order valence-corrected chi connectivity index (χ2v) is 5.40. The van der Waals surface area contributed by atoms with Gasteiger partial charge in [-0.05, 0) is 38.0 Å². The van der Waals surface area contributed by atoms with E-state index in [1.165, 1.54) is 0 Å². The molecule has 6 heteroatoms. The maximum atomic E-state index is 11.6. The lowest BCUT2D eigenvalue weighted by Gasteiger charge is -2.19. The van der Waals surface area contributed by atoms with Gasteiger partial charge in [0, 0.05) is 13.1 Å². The molecule has 6 nitrogen and oxygen atoms in total. The predicted octanol–water partition coefficient (Wildman–Crippen LogP) is 1.27. The fraction of sp³-hybridized carbons (Fsp3) is 0.714. The van der Waals surface area contributed by atoms with E-state index in [9.17, 15) is 9.59 Å². The second-order valence-electron chi connectivity index (χ2n) is 5.40. The van der Waals surface area contributed by atoms with Gasteiger partial charge in [0.25, 0.3) is 0 Å². The zero-order chi connectivity index (χ0) is 14.4. The van der Waals surface area contributed by atoms with E-state index in [1.807, 2.05) is 0 Å². The molecule has 0 aromatic carbocycles. The number of carboxylic acid groups (broad SMARTS) is 1. The number of ether oxygens (including phenoxy) is 1. The maximum absolute atomic E-state index is 11.6. The zero-order valence-corrected chi connectivity index (χ0v) is 11.5. The Morgan fingerprint density at radius 3 is 2.60 bits per heavy atom. The molecule has 1 saturated heterocycles. The van der Waals surface area contributed by atoms with Crippen molar-refractivity contribution in [1.82, 2.24) is 10.6 Å². The first-order chi connectivity index (χ1) is 9.65. The van der Waals surface area contributed by atoms with E-state index >= 15 is 0 Å². The lowest BCUT2D eigenvalue weighted by molar-refractivity contribution is -0.149. The average Bonchev–Trinajstić information content (AvgIpc) is 2.93. The molecular weight excluding hydrogens is 260 g/mol. The molecule has 0 aromatic rings. The van der Waals surface area contributed by atoms with Gasteiger partial charge in [-0.15, -0.1) is 0 Å². The SMILES string of the molecule is O=C(NCC1CC=CCC1)NCC1CCC(C(=O)O)O1. The number of nitrogens with one attached hydrogen (secondary N) is 2. The summed E-state index contributed by atoms with van der Waals surface area (Å²) in [6, 6.07) is -0.207. The van der Waals surface area contributed by atoms with Crippen molar-refractivity contribution in [3.05, 3.63) is 12.2 Å². The first kappa shape index (κ1) is 14.8. The summed E-state index contributed by atoms with van der Waals surface area (Å²) in [6.07, 6.45) is 7.81. The van der Waals surface area contributed by atoms with Crippen LogP contribution < -0.4 is 10.6 Å². The Morgan fingerprint density at radius 2 is 1.95 bits per heavy atom. The number of rotatable bonds is 5. The highest BCUT2D eigenvalue weighted by Crippen LogP contribution is 2.19. The molecule has 1 aliphatic carbocycles. The molecule has 0 bridgehead atoms. The number of hydrogen-bond donors (Lipinski definition) is 3. The van der Waals surface area contributed by atoms with Crippen molar-refractivity contribution in [3.63, 3.8) is 0 Å². The smallest absolute Gasteiger partial charge is 0.332 e. The van der Waals surface area contributed by atoms with Crippen LogP contribution in [0.15, 0.2) is 12.2 Å². The summed E-state index contributed by atoms with van der Waals surface area (Å²) >= 11 is 0. The quantitative estimate of drug-likeness (QED) is 0.663. The first-order valence-corrected chi connectivity index (χ1v) is 7.20. The molecule has 1 aliphatic heterocycles. The van der Waals surface area contributed by atoms with Gasteiger partial charge in [0.1, 0.15) is 0 Å². The number of aliphatic carboxylic acids is 1. The van der Waals surface area contributed by atoms with Crippen LogP contribution in [-0.4, -0.2) is 42.4 Å². The molecular formula is C14H22N2O4. The number of urea groups is 1. The summed E-state index contributed by atoms with van der Waals surface area (Å²) in [5, 5.41) is 14.4. The van der Waals surface area contributed by atoms with Crippen LogP contribution in [-0.2, 0) is 9.53 Å². The van der Waals surface area contributed by atoms with Crippen molar-refractivity contribution in [1.29, 1.82) is 0 Å². The van der Waals surface area contributed by atoms with E-state index in [0.717, 1.165) is 19.3 Å². The molecule has 3 unspecified atom stereocenters. The highest BCUT2D eigenvalue weighted by atomic mass is 16.5. The lowest BCUT2D eigenvalue weighted by Crippen LogP contribution is -2.41. The van der Waals surface area contributed by atoms with Crippen LogP contribution in [0.2, 0.25) is 0 Å². The van der Waals surface area contributed by atoms with E-state index in [0.29, 0.717) is 31.8 Å². The van der Waals surface area contributed by atoms with Gasteiger partial charge in [-0.25, -0.2) is 9.59 Å². The Bertz CT molecular complexity index is 383. The molecule has 3 atom stereocenters. The van der Waals surface area contributed by atoms with Crippen LogP contribution in [0.1, 0.15) is 32.1 Å². The third-order valence-corrected chi connectivity index (χ3v) is 3.80. The molecule has 0 saturated carbocycles. The van der Waals surface area contributed by atoms with Crippen molar-refractivity contribution in [2.24, 2.45) is 5.92 Å². The van der Waals surface area contributed by atoms with Gasteiger partial charge < -0.3 is 20.5 Å². The van der Waals surface area contributed by atoms with Gasteiger partial charge >= 0.3 is 12.0 Å². The van der Waals surface area contributed by atoms with Gasteiger partial charge in [-0.2, -0.15) is 0 Å². The number of carboxylic acids is 1. The summed E-state index contributed by atoms with van der Waals surface area (Å²) in [6.45, 7) is 1.04.